The number of hydrogen-bond acceptors (Lipinski definition) is 4. The largest absolute Gasteiger partial charge is 0.488 e. The molecule has 0 bridgehead atoms. The molecule has 3 N–H and O–H groups in total. The Hall–Kier alpha value is 0.0700. The van der Waals surface area contributed by atoms with Gasteiger partial charge in [0.25, 0.3) is 0 Å². The summed E-state index contributed by atoms with van der Waals surface area (Å²) in [6, 6.07) is 0. The molecule has 0 aromatic rings. The van der Waals surface area contributed by atoms with Crippen molar-refractivity contribution < 1.29 is 18.6 Å². The molecule has 104 valence electrons. The fourth-order valence-corrected chi connectivity index (χ4v) is 2.04. The Morgan fingerprint density at radius 1 is 1.00 bits per heavy atom. The monoisotopic (exact) mass is 267 g/mol. The number of phosphoric ester groups is 1. The van der Waals surface area contributed by atoms with Gasteiger partial charge in [-0.05, 0) is 6.42 Å². The lowest BCUT2D eigenvalue weighted by Gasteiger charge is -2.07. The van der Waals surface area contributed by atoms with E-state index in [1.807, 2.05) is 0 Å². The molecule has 0 radical (unpaired) electrons. The third kappa shape index (κ3) is 12.3. The van der Waals surface area contributed by atoms with E-state index in [0.29, 0.717) is 0 Å². The van der Waals surface area contributed by atoms with Crippen LogP contribution in [0, 0.1) is 0 Å². The van der Waals surface area contributed by atoms with Crippen LogP contribution in [0.4, 0.5) is 0 Å². The minimum absolute atomic E-state index is 0.223. The molecule has 0 aromatic heterocycles. The molecule has 1 unspecified atom stereocenters. The van der Waals surface area contributed by atoms with Crippen LogP contribution in [0.25, 0.3) is 0 Å². The minimum Gasteiger partial charge on any atom is -0.302 e. The van der Waals surface area contributed by atoms with Crippen LogP contribution >= 0.6 is 7.82 Å². The molecular formula is C11H26NO4P. The lowest BCUT2D eigenvalue weighted by molar-refractivity contribution is 0.149. The van der Waals surface area contributed by atoms with E-state index in [9.17, 15) is 4.57 Å². The van der Waals surface area contributed by atoms with Crippen molar-refractivity contribution in [3.05, 3.63) is 0 Å². The molecule has 0 saturated heterocycles. The van der Waals surface area contributed by atoms with Crippen molar-refractivity contribution in [1.82, 2.24) is 0 Å². The molecule has 0 aliphatic carbocycles. The highest BCUT2D eigenvalue weighted by Crippen LogP contribution is 2.40. The summed E-state index contributed by atoms with van der Waals surface area (Å²) >= 11 is 0. The zero-order chi connectivity index (χ0) is 13.0. The summed E-state index contributed by atoms with van der Waals surface area (Å²) in [5.41, 5.74) is 0. The summed E-state index contributed by atoms with van der Waals surface area (Å²) in [5.74, 6) is 4.59. The minimum atomic E-state index is -3.97. The van der Waals surface area contributed by atoms with E-state index >= 15 is 0 Å². The van der Waals surface area contributed by atoms with Crippen molar-refractivity contribution >= 4 is 7.82 Å². The Morgan fingerprint density at radius 3 is 1.94 bits per heavy atom. The van der Waals surface area contributed by atoms with Crippen molar-refractivity contribution in [2.45, 2.75) is 64.7 Å². The maximum Gasteiger partial charge on any atom is 0.488 e. The van der Waals surface area contributed by atoms with Gasteiger partial charge in [-0.3, -0.25) is 4.52 Å². The molecular weight excluding hydrogens is 241 g/mol. The van der Waals surface area contributed by atoms with Gasteiger partial charge in [-0.2, -0.15) is 0 Å². The number of hydrogen-bond donors (Lipinski definition) is 2. The highest BCUT2D eigenvalue weighted by Gasteiger charge is 2.18. The number of nitrogens with two attached hydrogens (primary N) is 1. The molecule has 0 aliphatic rings. The first-order valence-electron chi connectivity index (χ1n) is 6.48. The van der Waals surface area contributed by atoms with Gasteiger partial charge in [0, 0.05) is 0 Å². The van der Waals surface area contributed by atoms with Gasteiger partial charge >= 0.3 is 7.82 Å². The van der Waals surface area contributed by atoms with Gasteiger partial charge in [-0.15, -0.1) is 0 Å². The van der Waals surface area contributed by atoms with E-state index in [0.717, 1.165) is 19.3 Å². The molecule has 17 heavy (non-hydrogen) atoms. The topological polar surface area (TPSA) is 81.8 Å². The van der Waals surface area contributed by atoms with Crippen molar-refractivity contribution in [3.8, 4) is 0 Å². The highest BCUT2D eigenvalue weighted by atomic mass is 31.2. The molecule has 5 nitrogen and oxygen atoms in total. The Balaban J connectivity index is 3.11. The maximum absolute atomic E-state index is 10.8. The Kier molecular flexibility index (Phi) is 11.2. The summed E-state index contributed by atoms with van der Waals surface area (Å²) in [6.45, 7) is 2.44. The molecule has 0 spiro atoms. The van der Waals surface area contributed by atoms with E-state index in [4.69, 9.17) is 4.89 Å². The number of unbranched alkanes of at least 4 members (excludes halogenated alkanes) is 8. The second-order valence-electron chi connectivity index (χ2n) is 4.24. The first-order valence-corrected chi connectivity index (χ1v) is 7.97. The fourth-order valence-electron chi connectivity index (χ4n) is 1.62. The summed E-state index contributed by atoms with van der Waals surface area (Å²) in [6.07, 6.45) is 10.7. The van der Waals surface area contributed by atoms with Crippen molar-refractivity contribution in [2.75, 3.05) is 6.61 Å². The molecule has 0 rings (SSSR count). The van der Waals surface area contributed by atoms with Crippen LogP contribution in [-0.4, -0.2) is 11.5 Å². The van der Waals surface area contributed by atoms with Crippen LogP contribution in [0.1, 0.15) is 64.7 Å². The van der Waals surface area contributed by atoms with Gasteiger partial charge < -0.3 is 4.89 Å². The van der Waals surface area contributed by atoms with Crippen LogP contribution in [0.5, 0.6) is 0 Å². The molecule has 0 amide bonds. The quantitative estimate of drug-likeness (QED) is 0.321. The third-order valence-electron chi connectivity index (χ3n) is 2.64. The highest BCUT2D eigenvalue weighted by molar-refractivity contribution is 7.47. The van der Waals surface area contributed by atoms with Crippen LogP contribution in [-0.2, 0) is 13.7 Å². The number of rotatable bonds is 12. The Morgan fingerprint density at radius 2 is 1.47 bits per heavy atom. The van der Waals surface area contributed by atoms with Gasteiger partial charge in [0.05, 0.1) is 6.61 Å². The van der Waals surface area contributed by atoms with Gasteiger partial charge in [0.1, 0.15) is 0 Å². The molecule has 1 atom stereocenters. The second-order valence-corrected chi connectivity index (χ2v) is 5.64. The molecule has 0 aromatic carbocycles. The lowest BCUT2D eigenvalue weighted by Crippen LogP contribution is -2.01. The zero-order valence-electron chi connectivity index (χ0n) is 10.8. The molecule has 0 heterocycles. The summed E-state index contributed by atoms with van der Waals surface area (Å²) in [7, 11) is -3.97. The lowest BCUT2D eigenvalue weighted by atomic mass is 10.1. The zero-order valence-corrected chi connectivity index (χ0v) is 11.7. The predicted octanol–water partition coefficient (Wildman–Crippen LogP) is 3.52. The van der Waals surface area contributed by atoms with Crippen molar-refractivity contribution in [3.63, 3.8) is 0 Å². The first kappa shape index (κ1) is 17.1. The molecule has 0 fully saturated rings. The van der Waals surface area contributed by atoms with Crippen LogP contribution < -0.4 is 5.90 Å². The van der Waals surface area contributed by atoms with Crippen LogP contribution in [0.15, 0.2) is 0 Å². The Labute approximate surface area is 104 Å². The Bertz CT molecular complexity index is 214. The van der Waals surface area contributed by atoms with Gasteiger partial charge in [0.15, 0.2) is 0 Å². The van der Waals surface area contributed by atoms with Crippen LogP contribution in [0.2, 0.25) is 0 Å². The van der Waals surface area contributed by atoms with Crippen molar-refractivity contribution in [2.24, 2.45) is 5.90 Å². The van der Waals surface area contributed by atoms with Gasteiger partial charge in [-0.25, -0.2) is 15.1 Å². The SMILES string of the molecule is CCCCCCCCCCCOP(=O)(O)ON. The molecule has 0 aliphatic heterocycles. The normalized spacial score (nSPS) is 14.8. The van der Waals surface area contributed by atoms with Gasteiger partial charge in [0.2, 0.25) is 0 Å². The van der Waals surface area contributed by atoms with Crippen LogP contribution in [0.3, 0.4) is 0 Å². The first-order chi connectivity index (χ1) is 8.12. The van der Waals surface area contributed by atoms with E-state index in [1.165, 1.54) is 38.5 Å². The van der Waals surface area contributed by atoms with E-state index < -0.39 is 7.82 Å². The van der Waals surface area contributed by atoms with Crippen molar-refractivity contribution in [1.29, 1.82) is 0 Å². The number of phosphoric acid groups is 1. The van der Waals surface area contributed by atoms with E-state index in [-0.39, 0.29) is 6.61 Å². The second kappa shape index (κ2) is 11.2. The average molecular weight is 267 g/mol. The fraction of sp³-hybridized carbons (Fsp3) is 1.00. The van der Waals surface area contributed by atoms with Gasteiger partial charge in [-0.1, -0.05) is 58.3 Å². The summed E-state index contributed by atoms with van der Waals surface area (Å²) in [5, 5.41) is 0. The smallest absolute Gasteiger partial charge is 0.302 e. The third-order valence-corrected chi connectivity index (χ3v) is 3.41. The van der Waals surface area contributed by atoms with E-state index in [2.05, 4.69) is 22.0 Å². The standard InChI is InChI=1S/C11H26NO4P/c1-2-3-4-5-6-7-8-9-10-11-15-17(13,14)16-12/h2-12H2,1H3,(H,13,14). The van der Waals surface area contributed by atoms with E-state index in [1.54, 1.807) is 0 Å². The average Bonchev–Trinajstić information content (AvgIpc) is 2.31. The summed E-state index contributed by atoms with van der Waals surface area (Å²) in [4.78, 5) is 8.83. The molecule has 0 saturated carbocycles. The maximum atomic E-state index is 10.8. The summed E-state index contributed by atoms with van der Waals surface area (Å²) < 4.78 is 19.2. The predicted molar refractivity (Wildman–Crippen MR) is 68.3 cm³/mol. The molecule has 6 heteroatoms.